The van der Waals surface area contributed by atoms with Crippen LogP contribution in [0.4, 0.5) is 0 Å². The van der Waals surface area contributed by atoms with E-state index in [1.54, 1.807) is 12.3 Å². The average molecular weight is 386 g/mol. The van der Waals surface area contributed by atoms with Crippen LogP contribution >= 0.6 is 34.2 Å². The number of pyridine rings is 1. The van der Waals surface area contributed by atoms with Gasteiger partial charge < -0.3 is 9.47 Å². The second kappa shape index (κ2) is 6.91. The molecular formula is C11H17ClINO2Si. The Hall–Kier alpha value is 0.147. The van der Waals surface area contributed by atoms with Gasteiger partial charge in [0.15, 0.2) is 12.5 Å². The first-order valence-electron chi connectivity index (χ1n) is 5.40. The normalized spacial score (nSPS) is 11.6. The van der Waals surface area contributed by atoms with Crippen molar-refractivity contribution in [2.45, 2.75) is 25.7 Å². The van der Waals surface area contributed by atoms with E-state index in [2.05, 4.69) is 47.2 Å². The van der Waals surface area contributed by atoms with E-state index in [1.165, 1.54) is 0 Å². The predicted octanol–water partition coefficient (Wildman–Crippen LogP) is 4.03. The zero-order chi connectivity index (χ0) is 12.9. The fourth-order valence-electron chi connectivity index (χ4n) is 1.04. The van der Waals surface area contributed by atoms with Crippen LogP contribution < -0.4 is 4.74 Å². The average Bonchev–Trinajstić information content (AvgIpc) is 2.18. The molecule has 0 aliphatic carbocycles. The number of aromatic nitrogens is 1. The quantitative estimate of drug-likeness (QED) is 0.244. The first-order chi connectivity index (χ1) is 7.88. The summed E-state index contributed by atoms with van der Waals surface area (Å²) in [4.78, 5) is 3.97. The molecule has 1 aromatic rings. The van der Waals surface area contributed by atoms with Crippen molar-refractivity contribution in [3.63, 3.8) is 0 Å². The smallest absolute Gasteiger partial charge is 0.189 e. The van der Waals surface area contributed by atoms with Crippen molar-refractivity contribution in [2.24, 2.45) is 0 Å². The Bertz CT molecular complexity index is 371. The first-order valence-corrected chi connectivity index (χ1v) is 10.6. The highest BCUT2D eigenvalue weighted by molar-refractivity contribution is 14.1. The summed E-state index contributed by atoms with van der Waals surface area (Å²) in [5, 5.41) is 0.474. The maximum atomic E-state index is 5.75. The Balaban J connectivity index is 2.27. The van der Waals surface area contributed by atoms with Crippen LogP contribution in [0.15, 0.2) is 12.3 Å². The molecule has 0 aliphatic heterocycles. The van der Waals surface area contributed by atoms with E-state index in [-0.39, 0.29) is 6.79 Å². The van der Waals surface area contributed by atoms with Crippen LogP contribution in [0.2, 0.25) is 30.8 Å². The van der Waals surface area contributed by atoms with Crippen molar-refractivity contribution < 1.29 is 9.47 Å². The third kappa shape index (κ3) is 6.59. The summed E-state index contributed by atoms with van der Waals surface area (Å²) in [7, 11) is -1.02. The lowest BCUT2D eigenvalue weighted by Crippen LogP contribution is -2.22. The molecule has 0 bridgehead atoms. The number of halogens is 2. The molecule has 0 unspecified atom stereocenters. The minimum Gasteiger partial charge on any atom is -0.465 e. The Morgan fingerprint density at radius 3 is 2.71 bits per heavy atom. The molecular weight excluding hydrogens is 369 g/mol. The molecule has 0 saturated heterocycles. The first kappa shape index (κ1) is 15.2. The van der Waals surface area contributed by atoms with Gasteiger partial charge in [-0.3, -0.25) is 0 Å². The largest absolute Gasteiger partial charge is 0.465 e. The Morgan fingerprint density at radius 2 is 2.12 bits per heavy atom. The van der Waals surface area contributed by atoms with E-state index in [0.717, 1.165) is 16.2 Å². The van der Waals surface area contributed by atoms with Gasteiger partial charge in [-0.15, -0.1) is 0 Å². The molecule has 0 fully saturated rings. The van der Waals surface area contributed by atoms with Crippen LogP contribution in [0, 0.1) is 3.57 Å². The summed E-state index contributed by atoms with van der Waals surface area (Å²) in [5.41, 5.74) is 0. The van der Waals surface area contributed by atoms with E-state index in [9.17, 15) is 0 Å². The zero-order valence-electron chi connectivity index (χ0n) is 10.3. The third-order valence-electron chi connectivity index (χ3n) is 2.08. The van der Waals surface area contributed by atoms with Crippen LogP contribution in [0.5, 0.6) is 5.75 Å². The minimum atomic E-state index is -1.02. The maximum Gasteiger partial charge on any atom is 0.189 e. The van der Waals surface area contributed by atoms with Gasteiger partial charge in [0.2, 0.25) is 0 Å². The number of hydrogen-bond donors (Lipinski definition) is 0. The Kier molecular flexibility index (Phi) is 6.18. The molecule has 0 radical (unpaired) electrons. The second-order valence-electron chi connectivity index (χ2n) is 4.92. The van der Waals surface area contributed by atoms with E-state index in [1.807, 2.05) is 0 Å². The molecule has 6 heteroatoms. The molecule has 1 rings (SSSR count). The van der Waals surface area contributed by atoms with Gasteiger partial charge in [0, 0.05) is 14.7 Å². The summed E-state index contributed by atoms with van der Waals surface area (Å²) >= 11 is 7.91. The highest BCUT2D eigenvalue weighted by atomic mass is 127. The van der Waals surface area contributed by atoms with Crippen molar-refractivity contribution >= 4 is 42.3 Å². The van der Waals surface area contributed by atoms with Gasteiger partial charge >= 0.3 is 0 Å². The monoisotopic (exact) mass is 385 g/mol. The number of rotatable bonds is 6. The standard InChI is InChI=1S/C11H17ClINO2Si/c1-17(2,3)5-4-15-8-16-10-7-14-11(12)6-9(10)13/h6-7H,4-5,8H2,1-3H3. The highest BCUT2D eigenvalue weighted by Gasteiger charge is 2.12. The lowest BCUT2D eigenvalue weighted by molar-refractivity contribution is 0.0213. The van der Waals surface area contributed by atoms with Crippen LogP contribution in [0.3, 0.4) is 0 Å². The summed E-state index contributed by atoms with van der Waals surface area (Å²) in [6.45, 7) is 7.99. The van der Waals surface area contributed by atoms with Gasteiger partial charge in [-0.25, -0.2) is 4.98 Å². The predicted molar refractivity (Wildman–Crippen MR) is 81.6 cm³/mol. The molecule has 3 nitrogen and oxygen atoms in total. The SMILES string of the molecule is C[Si](C)(C)CCOCOc1cnc(Cl)cc1I. The highest BCUT2D eigenvalue weighted by Crippen LogP contribution is 2.22. The van der Waals surface area contributed by atoms with Crippen molar-refractivity contribution in [2.75, 3.05) is 13.4 Å². The van der Waals surface area contributed by atoms with Gasteiger partial charge in [-0.05, 0) is 34.7 Å². The topological polar surface area (TPSA) is 31.4 Å². The van der Waals surface area contributed by atoms with Crippen molar-refractivity contribution in [3.05, 3.63) is 21.0 Å². The number of hydrogen-bond acceptors (Lipinski definition) is 3. The molecule has 0 saturated carbocycles. The van der Waals surface area contributed by atoms with Crippen molar-refractivity contribution in [1.29, 1.82) is 0 Å². The molecule has 1 aromatic heterocycles. The van der Waals surface area contributed by atoms with Gasteiger partial charge in [-0.1, -0.05) is 31.2 Å². The molecule has 1 heterocycles. The lowest BCUT2D eigenvalue weighted by atomic mass is 10.5. The van der Waals surface area contributed by atoms with Crippen LogP contribution in [0.1, 0.15) is 0 Å². The second-order valence-corrected chi connectivity index (χ2v) is 12.1. The van der Waals surface area contributed by atoms with Gasteiger partial charge in [0.1, 0.15) is 5.15 Å². The fraction of sp³-hybridized carbons (Fsp3) is 0.545. The molecule has 0 aliphatic rings. The molecule has 17 heavy (non-hydrogen) atoms. The van der Waals surface area contributed by atoms with E-state index in [0.29, 0.717) is 10.9 Å². The summed E-state index contributed by atoms with van der Waals surface area (Å²) < 4.78 is 11.9. The Morgan fingerprint density at radius 1 is 1.41 bits per heavy atom. The molecule has 0 N–H and O–H groups in total. The minimum absolute atomic E-state index is 0.268. The molecule has 0 spiro atoms. The zero-order valence-corrected chi connectivity index (χ0v) is 14.2. The van der Waals surface area contributed by atoms with Gasteiger partial charge in [-0.2, -0.15) is 0 Å². The van der Waals surface area contributed by atoms with Crippen molar-refractivity contribution in [3.8, 4) is 5.75 Å². The molecule has 0 aromatic carbocycles. The van der Waals surface area contributed by atoms with Crippen LogP contribution in [-0.2, 0) is 4.74 Å². The van der Waals surface area contributed by atoms with E-state index >= 15 is 0 Å². The molecule has 0 amide bonds. The van der Waals surface area contributed by atoms with Crippen LogP contribution in [0.25, 0.3) is 0 Å². The maximum absolute atomic E-state index is 5.75. The fourth-order valence-corrected chi connectivity index (χ4v) is 2.73. The Labute approximate surface area is 122 Å². The summed E-state index contributed by atoms with van der Waals surface area (Å²) in [6.07, 6.45) is 1.62. The van der Waals surface area contributed by atoms with Crippen LogP contribution in [-0.4, -0.2) is 26.5 Å². The summed E-state index contributed by atoms with van der Waals surface area (Å²) in [5.74, 6) is 0.711. The molecule has 0 atom stereocenters. The summed E-state index contributed by atoms with van der Waals surface area (Å²) in [6, 6.07) is 2.91. The third-order valence-corrected chi connectivity index (χ3v) is 4.83. The lowest BCUT2D eigenvalue weighted by Gasteiger charge is -2.15. The van der Waals surface area contributed by atoms with Gasteiger partial charge in [0.05, 0.1) is 9.77 Å². The number of ether oxygens (including phenoxy) is 2. The molecule has 96 valence electrons. The van der Waals surface area contributed by atoms with E-state index in [4.69, 9.17) is 21.1 Å². The van der Waals surface area contributed by atoms with Crippen molar-refractivity contribution in [1.82, 2.24) is 4.98 Å². The van der Waals surface area contributed by atoms with Gasteiger partial charge in [0.25, 0.3) is 0 Å². The van der Waals surface area contributed by atoms with E-state index < -0.39 is 8.07 Å². The number of nitrogens with zero attached hydrogens (tertiary/aromatic N) is 1.